The third-order valence-electron chi connectivity index (χ3n) is 3.04. The predicted octanol–water partition coefficient (Wildman–Crippen LogP) is 1.92. The molecule has 0 aliphatic carbocycles. The molecule has 0 fully saturated rings. The molecule has 1 unspecified atom stereocenters. The van der Waals surface area contributed by atoms with Gasteiger partial charge in [-0.15, -0.1) is 24.0 Å². The van der Waals surface area contributed by atoms with E-state index >= 15 is 0 Å². The topological polar surface area (TPSA) is 82.6 Å². The molecule has 6 nitrogen and oxygen atoms in total. The van der Waals surface area contributed by atoms with Crippen molar-refractivity contribution in [3.63, 3.8) is 0 Å². The fraction of sp³-hybridized carbons (Fsp3) is 0.929. The first kappa shape index (κ1) is 24.2. The van der Waals surface area contributed by atoms with E-state index in [1.54, 1.807) is 7.05 Å². The third-order valence-corrected chi connectivity index (χ3v) is 3.76. The molecule has 8 heteroatoms. The molecule has 3 N–H and O–H groups in total. The number of rotatable bonds is 10. The fourth-order valence-electron chi connectivity index (χ4n) is 1.89. The van der Waals surface area contributed by atoms with Crippen LogP contribution in [-0.2, 0) is 10.0 Å². The van der Waals surface area contributed by atoms with Crippen LogP contribution in [0.3, 0.4) is 0 Å². The van der Waals surface area contributed by atoms with Crippen LogP contribution < -0.4 is 15.4 Å². The summed E-state index contributed by atoms with van der Waals surface area (Å²) in [5.74, 6) is 1.52. The SMILES string of the molecule is CN=C(NCCCNS(C)(=O)=O)NC(C)CCCC(C)C.I. The molecule has 0 aromatic heterocycles. The number of sulfonamides is 1. The second-order valence-corrected chi connectivity index (χ2v) is 7.72. The van der Waals surface area contributed by atoms with E-state index in [1.165, 1.54) is 19.1 Å². The second-order valence-electron chi connectivity index (χ2n) is 5.89. The Morgan fingerprint density at radius 2 is 1.73 bits per heavy atom. The lowest BCUT2D eigenvalue weighted by Gasteiger charge is -2.18. The highest BCUT2D eigenvalue weighted by Gasteiger charge is 2.05. The molecule has 0 aromatic carbocycles. The second kappa shape index (κ2) is 13.4. The molecule has 0 aromatic rings. The maximum atomic E-state index is 10.9. The van der Waals surface area contributed by atoms with Gasteiger partial charge in [0.1, 0.15) is 0 Å². The molecule has 0 aliphatic rings. The van der Waals surface area contributed by atoms with E-state index < -0.39 is 10.0 Å². The van der Waals surface area contributed by atoms with Crippen molar-refractivity contribution in [1.29, 1.82) is 0 Å². The summed E-state index contributed by atoms with van der Waals surface area (Å²) in [5, 5.41) is 6.54. The summed E-state index contributed by atoms with van der Waals surface area (Å²) in [7, 11) is -1.35. The first-order valence-electron chi connectivity index (χ1n) is 7.66. The van der Waals surface area contributed by atoms with E-state index in [2.05, 4.69) is 41.1 Å². The Kier molecular flexibility index (Phi) is 14.7. The molecule has 0 radical (unpaired) electrons. The van der Waals surface area contributed by atoms with E-state index in [9.17, 15) is 8.42 Å². The maximum absolute atomic E-state index is 10.9. The summed E-state index contributed by atoms with van der Waals surface area (Å²) in [6, 6.07) is 0.379. The molecule has 22 heavy (non-hydrogen) atoms. The van der Waals surface area contributed by atoms with E-state index in [0.29, 0.717) is 19.1 Å². The first-order valence-corrected chi connectivity index (χ1v) is 9.55. The summed E-state index contributed by atoms with van der Waals surface area (Å²) in [6.45, 7) is 7.75. The summed E-state index contributed by atoms with van der Waals surface area (Å²) in [5.41, 5.74) is 0. The third kappa shape index (κ3) is 16.3. The Labute approximate surface area is 153 Å². The molecule has 1 atom stereocenters. The maximum Gasteiger partial charge on any atom is 0.208 e. The zero-order valence-corrected chi connectivity index (χ0v) is 17.6. The predicted molar refractivity (Wildman–Crippen MR) is 106 cm³/mol. The van der Waals surface area contributed by atoms with Gasteiger partial charge in [0.25, 0.3) is 0 Å². The van der Waals surface area contributed by atoms with Crippen LogP contribution >= 0.6 is 24.0 Å². The van der Waals surface area contributed by atoms with E-state index in [1.807, 2.05) is 0 Å². The van der Waals surface area contributed by atoms with Gasteiger partial charge in [0.05, 0.1) is 6.26 Å². The highest BCUT2D eigenvalue weighted by molar-refractivity contribution is 14.0. The molecule has 0 rings (SSSR count). The molecular formula is C14H33IN4O2S. The van der Waals surface area contributed by atoms with Gasteiger partial charge in [-0.25, -0.2) is 13.1 Å². The van der Waals surface area contributed by atoms with Crippen molar-refractivity contribution in [2.45, 2.75) is 52.5 Å². The van der Waals surface area contributed by atoms with Gasteiger partial charge in [0.15, 0.2) is 5.96 Å². The van der Waals surface area contributed by atoms with Crippen molar-refractivity contribution < 1.29 is 8.42 Å². The summed E-state index contributed by atoms with van der Waals surface area (Å²) in [6.07, 6.45) is 5.46. The number of aliphatic imine (C=N–C) groups is 1. The van der Waals surface area contributed by atoms with Crippen LogP contribution in [0.2, 0.25) is 0 Å². The molecule has 134 valence electrons. The van der Waals surface area contributed by atoms with Gasteiger partial charge in [-0.05, 0) is 25.7 Å². The normalized spacial score (nSPS) is 13.6. The lowest BCUT2D eigenvalue weighted by Crippen LogP contribution is -2.43. The van der Waals surface area contributed by atoms with Crippen LogP contribution in [0, 0.1) is 5.92 Å². The lowest BCUT2D eigenvalue weighted by molar-refractivity contribution is 0.491. The highest BCUT2D eigenvalue weighted by Crippen LogP contribution is 2.07. The Bertz CT molecular complexity index is 400. The summed E-state index contributed by atoms with van der Waals surface area (Å²) in [4.78, 5) is 4.17. The van der Waals surface area contributed by atoms with E-state index in [4.69, 9.17) is 0 Å². The van der Waals surface area contributed by atoms with Gasteiger partial charge in [-0.2, -0.15) is 0 Å². The lowest BCUT2D eigenvalue weighted by atomic mass is 10.0. The average Bonchev–Trinajstić information content (AvgIpc) is 2.35. The van der Waals surface area contributed by atoms with Crippen LogP contribution in [0.4, 0.5) is 0 Å². The Morgan fingerprint density at radius 3 is 2.23 bits per heavy atom. The average molecular weight is 448 g/mol. The minimum absolute atomic E-state index is 0. The zero-order valence-electron chi connectivity index (χ0n) is 14.5. The molecule has 0 heterocycles. The summed E-state index contributed by atoms with van der Waals surface area (Å²) >= 11 is 0. The van der Waals surface area contributed by atoms with Crippen molar-refractivity contribution in [1.82, 2.24) is 15.4 Å². The van der Waals surface area contributed by atoms with E-state index in [0.717, 1.165) is 24.7 Å². The number of nitrogens with one attached hydrogen (secondary N) is 3. The number of halogens is 1. The van der Waals surface area contributed by atoms with Crippen molar-refractivity contribution in [2.75, 3.05) is 26.4 Å². The fourth-order valence-corrected chi connectivity index (χ4v) is 2.40. The molecule has 0 aliphatic heterocycles. The van der Waals surface area contributed by atoms with Gasteiger partial charge < -0.3 is 10.6 Å². The Hall–Kier alpha value is -0.0900. The quantitative estimate of drug-likeness (QED) is 0.207. The smallest absolute Gasteiger partial charge is 0.208 e. The molecule has 0 bridgehead atoms. The first-order chi connectivity index (χ1) is 9.74. The minimum Gasteiger partial charge on any atom is -0.356 e. The van der Waals surface area contributed by atoms with Gasteiger partial charge in [-0.3, -0.25) is 4.99 Å². The number of hydrogen-bond acceptors (Lipinski definition) is 3. The van der Waals surface area contributed by atoms with Crippen molar-refractivity contribution in [3.8, 4) is 0 Å². The van der Waals surface area contributed by atoms with Crippen molar-refractivity contribution in [2.24, 2.45) is 10.9 Å². The highest BCUT2D eigenvalue weighted by atomic mass is 127. The van der Waals surface area contributed by atoms with Crippen LogP contribution in [0.25, 0.3) is 0 Å². The molecule has 0 saturated carbocycles. The molecule has 0 amide bonds. The molecule has 0 spiro atoms. The standard InChI is InChI=1S/C14H32N4O2S.HI/c1-12(2)8-6-9-13(3)18-14(15-4)16-10-7-11-17-21(5,19)20;/h12-13,17H,6-11H2,1-5H3,(H2,15,16,18);1H. The van der Waals surface area contributed by atoms with Crippen LogP contribution in [-0.4, -0.2) is 46.8 Å². The summed E-state index contributed by atoms with van der Waals surface area (Å²) < 4.78 is 24.3. The van der Waals surface area contributed by atoms with Gasteiger partial charge in [0, 0.05) is 26.2 Å². The monoisotopic (exact) mass is 448 g/mol. The molecule has 0 saturated heterocycles. The van der Waals surface area contributed by atoms with Gasteiger partial charge in [0.2, 0.25) is 10.0 Å². The number of guanidine groups is 1. The van der Waals surface area contributed by atoms with Crippen LogP contribution in [0.15, 0.2) is 4.99 Å². The van der Waals surface area contributed by atoms with Crippen molar-refractivity contribution in [3.05, 3.63) is 0 Å². The van der Waals surface area contributed by atoms with Gasteiger partial charge in [-0.1, -0.05) is 26.7 Å². The zero-order chi connectivity index (χ0) is 16.3. The Morgan fingerprint density at radius 1 is 1.09 bits per heavy atom. The minimum atomic E-state index is -3.09. The van der Waals surface area contributed by atoms with Crippen LogP contribution in [0.5, 0.6) is 0 Å². The van der Waals surface area contributed by atoms with Crippen molar-refractivity contribution >= 4 is 40.0 Å². The van der Waals surface area contributed by atoms with E-state index in [-0.39, 0.29) is 24.0 Å². The number of nitrogens with zero attached hydrogens (tertiary/aromatic N) is 1. The Balaban J connectivity index is 0. The van der Waals surface area contributed by atoms with Crippen LogP contribution in [0.1, 0.15) is 46.5 Å². The largest absolute Gasteiger partial charge is 0.356 e. The van der Waals surface area contributed by atoms with Gasteiger partial charge >= 0.3 is 0 Å². The number of hydrogen-bond donors (Lipinski definition) is 3. The molecular weight excluding hydrogens is 415 g/mol.